The van der Waals surface area contributed by atoms with Gasteiger partial charge in [-0.05, 0) is 108 Å². The van der Waals surface area contributed by atoms with Crippen molar-refractivity contribution in [1.82, 2.24) is 4.57 Å². The molecule has 0 unspecified atom stereocenters. The molecule has 0 saturated heterocycles. The van der Waals surface area contributed by atoms with Crippen LogP contribution in [0.4, 0.5) is 34.1 Å². The number of fused-ring (bicyclic) bond motifs is 9. The monoisotopic (exact) mass is 707 g/mol. The molecule has 0 spiro atoms. The third-order valence-corrected chi connectivity index (χ3v) is 11.5. The van der Waals surface area contributed by atoms with Crippen LogP contribution in [0.5, 0.6) is 0 Å². The first-order chi connectivity index (χ1) is 27.1. The Hall–Kier alpha value is -7.04. The normalized spacial score (nSPS) is 13.1. The van der Waals surface area contributed by atoms with Gasteiger partial charge in [0.15, 0.2) is 0 Å². The largest absolute Gasteiger partial charge is 0.455 e. The molecule has 3 heterocycles. The van der Waals surface area contributed by atoms with Gasteiger partial charge in [0.1, 0.15) is 11.2 Å². The van der Waals surface area contributed by atoms with Gasteiger partial charge in [-0.25, -0.2) is 0 Å². The van der Waals surface area contributed by atoms with E-state index < -0.39 is 0 Å². The summed E-state index contributed by atoms with van der Waals surface area (Å²) < 4.78 is 9.14. The first-order valence-electron chi connectivity index (χ1n) is 18.9. The highest BCUT2D eigenvalue weighted by Crippen LogP contribution is 2.52. The van der Waals surface area contributed by atoms with Gasteiger partial charge in [-0.1, -0.05) is 105 Å². The van der Waals surface area contributed by atoms with Gasteiger partial charge < -0.3 is 18.8 Å². The zero-order valence-corrected chi connectivity index (χ0v) is 30.6. The van der Waals surface area contributed by atoms with Crippen LogP contribution in [0.25, 0.3) is 49.4 Å². The second-order valence-corrected chi connectivity index (χ2v) is 15.0. The third-order valence-electron chi connectivity index (χ3n) is 11.5. The Labute approximate surface area is 319 Å². The van der Waals surface area contributed by atoms with Gasteiger partial charge in [-0.15, -0.1) is 0 Å². The van der Waals surface area contributed by atoms with E-state index in [1.165, 1.54) is 44.0 Å². The number of para-hydroxylation sites is 5. The average molecular weight is 708 g/mol. The van der Waals surface area contributed by atoms with E-state index in [0.717, 1.165) is 50.7 Å². The molecule has 2 aromatic heterocycles. The van der Waals surface area contributed by atoms with Crippen molar-refractivity contribution in [2.75, 3.05) is 9.80 Å². The smallest absolute Gasteiger partial charge is 0.145 e. The van der Waals surface area contributed by atoms with Crippen molar-refractivity contribution in [3.05, 3.63) is 199 Å². The summed E-state index contributed by atoms with van der Waals surface area (Å²) in [6, 6.07) is 67.4. The molecule has 0 radical (unpaired) electrons. The van der Waals surface area contributed by atoms with E-state index in [9.17, 15) is 0 Å². The Kier molecular flexibility index (Phi) is 6.86. The number of anilines is 6. The van der Waals surface area contributed by atoms with Gasteiger partial charge in [0, 0.05) is 55.7 Å². The molecule has 0 fully saturated rings. The van der Waals surface area contributed by atoms with Gasteiger partial charge in [0.05, 0.1) is 22.1 Å². The molecule has 8 aromatic carbocycles. The molecule has 4 nitrogen and oxygen atoms in total. The summed E-state index contributed by atoms with van der Waals surface area (Å²) in [6.07, 6.45) is 0. The van der Waals surface area contributed by atoms with Crippen LogP contribution in [0, 0.1) is 0 Å². The lowest BCUT2D eigenvalue weighted by Gasteiger charge is -2.36. The number of benzene rings is 8. The molecule has 55 heavy (non-hydrogen) atoms. The first-order valence-corrected chi connectivity index (χ1v) is 18.9. The Bertz CT molecular complexity index is 3010. The molecular formula is C51H37N3O. The topological polar surface area (TPSA) is 24.6 Å². The van der Waals surface area contributed by atoms with Gasteiger partial charge in [0.25, 0.3) is 0 Å². The highest BCUT2D eigenvalue weighted by molar-refractivity contribution is 6.25. The number of rotatable bonds is 6. The second kappa shape index (κ2) is 12.0. The number of aromatic nitrogens is 1. The zero-order valence-electron chi connectivity index (χ0n) is 30.6. The minimum absolute atomic E-state index is 0.307. The van der Waals surface area contributed by atoms with E-state index in [-0.39, 0.29) is 5.41 Å². The maximum atomic E-state index is 6.67. The van der Waals surface area contributed by atoms with Crippen molar-refractivity contribution >= 4 is 77.9 Å². The van der Waals surface area contributed by atoms with Crippen LogP contribution in [-0.2, 0) is 5.41 Å². The fraction of sp³-hybridized carbons (Fsp3) is 0.0588. The van der Waals surface area contributed by atoms with Crippen LogP contribution in [0.1, 0.15) is 25.0 Å². The lowest BCUT2D eigenvalue weighted by atomic mass is 9.74. The predicted molar refractivity (Wildman–Crippen MR) is 230 cm³/mol. The Morgan fingerprint density at radius 2 is 0.927 bits per heavy atom. The van der Waals surface area contributed by atoms with Crippen LogP contribution in [-0.4, -0.2) is 4.57 Å². The van der Waals surface area contributed by atoms with E-state index in [1.807, 2.05) is 0 Å². The number of hydrogen-bond acceptors (Lipinski definition) is 3. The van der Waals surface area contributed by atoms with Crippen molar-refractivity contribution < 1.29 is 4.42 Å². The molecule has 10 aromatic rings. The first kappa shape index (κ1) is 31.5. The molecule has 0 atom stereocenters. The van der Waals surface area contributed by atoms with Crippen LogP contribution in [0.15, 0.2) is 192 Å². The summed E-state index contributed by atoms with van der Waals surface area (Å²) in [5.41, 5.74) is 14.4. The van der Waals surface area contributed by atoms with Crippen molar-refractivity contribution in [3.8, 4) is 5.69 Å². The molecule has 0 N–H and O–H groups in total. The lowest BCUT2D eigenvalue weighted by Crippen LogP contribution is -2.27. The predicted octanol–water partition coefficient (Wildman–Crippen LogP) is 14.3. The Balaban J connectivity index is 1.10. The molecule has 0 saturated carbocycles. The van der Waals surface area contributed by atoms with Crippen molar-refractivity contribution in [1.29, 1.82) is 0 Å². The molecular weight excluding hydrogens is 671 g/mol. The summed E-state index contributed by atoms with van der Waals surface area (Å²) in [5, 5.41) is 4.72. The van der Waals surface area contributed by atoms with Crippen molar-refractivity contribution in [3.63, 3.8) is 0 Å². The van der Waals surface area contributed by atoms with E-state index in [1.54, 1.807) is 0 Å². The van der Waals surface area contributed by atoms with Gasteiger partial charge >= 0.3 is 0 Å². The lowest BCUT2D eigenvalue weighted by molar-refractivity contribution is 0.630. The van der Waals surface area contributed by atoms with Gasteiger partial charge in [-0.2, -0.15) is 0 Å². The molecule has 0 amide bonds. The fourth-order valence-corrected chi connectivity index (χ4v) is 8.94. The summed E-state index contributed by atoms with van der Waals surface area (Å²) in [4.78, 5) is 4.68. The van der Waals surface area contributed by atoms with E-state index >= 15 is 0 Å². The third kappa shape index (κ3) is 4.71. The van der Waals surface area contributed by atoms with Gasteiger partial charge in [0.2, 0.25) is 0 Å². The van der Waals surface area contributed by atoms with Crippen LogP contribution < -0.4 is 9.80 Å². The summed E-state index contributed by atoms with van der Waals surface area (Å²) >= 11 is 0. The molecule has 4 heteroatoms. The molecule has 11 rings (SSSR count). The molecule has 262 valence electrons. The fourth-order valence-electron chi connectivity index (χ4n) is 8.94. The number of furan rings is 1. The minimum Gasteiger partial charge on any atom is -0.455 e. The summed E-state index contributed by atoms with van der Waals surface area (Å²) in [6.45, 7) is 4.76. The quantitative estimate of drug-likeness (QED) is 0.172. The number of nitrogens with zero attached hydrogens (tertiary/aromatic N) is 3. The van der Waals surface area contributed by atoms with Crippen molar-refractivity contribution in [2.45, 2.75) is 19.3 Å². The van der Waals surface area contributed by atoms with Crippen LogP contribution in [0.3, 0.4) is 0 Å². The second-order valence-electron chi connectivity index (χ2n) is 15.0. The van der Waals surface area contributed by atoms with Crippen molar-refractivity contribution in [2.24, 2.45) is 0 Å². The maximum absolute atomic E-state index is 6.67. The SMILES string of the molecule is CC1(C)c2cc(N(c3ccccc3)c3ccc(N(c4ccccc4)c4ccccc4)cc3)ccc2-n2c3ccccc3c3c4oc5ccccc5c4cc1c32. The standard InChI is InChI=1S/C51H37N3O/c1-51(2)43-32-39(30-31-46(43)54-45-24-14-12-23-41(45)48-49(54)44(51)33-42-40-22-13-15-25-47(40)55-50(42)48)53(36-20-10-5-11-21-36)38-28-26-37(27-29-38)52(34-16-6-3-7-17-34)35-18-8-4-9-19-35/h3-33H,1-2H3. The molecule has 1 aliphatic heterocycles. The summed E-state index contributed by atoms with van der Waals surface area (Å²) in [7, 11) is 0. The van der Waals surface area contributed by atoms with E-state index in [0.29, 0.717) is 0 Å². The zero-order chi connectivity index (χ0) is 36.7. The Morgan fingerprint density at radius 1 is 0.436 bits per heavy atom. The van der Waals surface area contributed by atoms with E-state index in [2.05, 4.69) is 216 Å². The number of hydrogen-bond donors (Lipinski definition) is 0. The summed E-state index contributed by atoms with van der Waals surface area (Å²) in [5.74, 6) is 0. The Morgan fingerprint density at radius 3 is 1.55 bits per heavy atom. The average Bonchev–Trinajstić information content (AvgIpc) is 3.78. The molecule has 1 aliphatic rings. The minimum atomic E-state index is -0.307. The van der Waals surface area contributed by atoms with E-state index in [4.69, 9.17) is 4.42 Å². The molecule has 0 bridgehead atoms. The highest BCUT2D eigenvalue weighted by Gasteiger charge is 2.37. The van der Waals surface area contributed by atoms with Gasteiger partial charge in [-0.3, -0.25) is 0 Å². The van der Waals surface area contributed by atoms with Crippen LogP contribution >= 0.6 is 0 Å². The van der Waals surface area contributed by atoms with Crippen LogP contribution in [0.2, 0.25) is 0 Å². The molecule has 0 aliphatic carbocycles. The maximum Gasteiger partial charge on any atom is 0.145 e. The highest BCUT2D eigenvalue weighted by atomic mass is 16.3.